The molecule has 0 saturated heterocycles. The molecule has 2 amide bonds. The lowest BCUT2D eigenvalue weighted by molar-refractivity contribution is -0.138. The summed E-state index contributed by atoms with van der Waals surface area (Å²) in [5.74, 6) is 1.28. The van der Waals surface area contributed by atoms with Crippen LogP contribution >= 0.6 is 0 Å². The molecule has 7 nitrogen and oxygen atoms in total. The number of fused-ring (bicyclic) bond motifs is 2. The Morgan fingerprint density at radius 2 is 1.55 bits per heavy atom. The van der Waals surface area contributed by atoms with Crippen molar-refractivity contribution in [1.82, 2.24) is 9.80 Å². The lowest BCUT2D eigenvalue weighted by Crippen LogP contribution is -2.55. The molecule has 1 atom stereocenters. The van der Waals surface area contributed by atoms with Crippen molar-refractivity contribution in [1.29, 1.82) is 0 Å². The zero-order chi connectivity index (χ0) is 23.8. The minimum Gasteiger partial charge on any atom is -0.493 e. The monoisotopic (exact) mass is 452 g/mol. The highest BCUT2D eigenvalue weighted by atomic mass is 16.6. The molecule has 2 heterocycles. The van der Waals surface area contributed by atoms with Crippen molar-refractivity contribution in [2.75, 3.05) is 20.8 Å². The van der Waals surface area contributed by atoms with E-state index < -0.39 is 17.7 Å². The van der Waals surface area contributed by atoms with Crippen molar-refractivity contribution < 1.29 is 23.8 Å². The molecular formula is C26H32N2O5. The maximum Gasteiger partial charge on any atom is 0.411 e. The van der Waals surface area contributed by atoms with Crippen LogP contribution in [-0.2, 0) is 35.5 Å². The van der Waals surface area contributed by atoms with E-state index >= 15 is 0 Å². The SMILES string of the molecule is COc1cc2c(cc1OC)CN(C(=O)C1Cc3ccccc3CN1C(=O)OC(C)(C)C)CC2. The molecule has 2 aliphatic rings. The molecule has 176 valence electrons. The van der Waals surface area contributed by atoms with Gasteiger partial charge in [0.15, 0.2) is 11.5 Å². The Kier molecular flexibility index (Phi) is 6.23. The molecule has 1 unspecified atom stereocenters. The molecule has 7 heteroatoms. The van der Waals surface area contributed by atoms with E-state index in [2.05, 4.69) is 0 Å². The summed E-state index contributed by atoms with van der Waals surface area (Å²) in [5, 5.41) is 0. The largest absolute Gasteiger partial charge is 0.493 e. The highest BCUT2D eigenvalue weighted by Crippen LogP contribution is 2.34. The first kappa shape index (κ1) is 23.0. The molecule has 0 bridgehead atoms. The van der Waals surface area contributed by atoms with Gasteiger partial charge in [-0.1, -0.05) is 24.3 Å². The molecule has 0 fully saturated rings. The number of nitrogens with zero attached hydrogens (tertiary/aromatic N) is 2. The lowest BCUT2D eigenvalue weighted by Gasteiger charge is -2.40. The second-order valence-electron chi connectivity index (χ2n) is 9.58. The molecular weight excluding hydrogens is 420 g/mol. The number of methoxy groups -OCH3 is 2. The van der Waals surface area contributed by atoms with Crippen LogP contribution in [0.3, 0.4) is 0 Å². The van der Waals surface area contributed by atoms with Crippen molar-refractivity contribution in [3.05, 3.63) is 58.7 Å². The number of rotatable bonds is 3. The average molecular weight is 453 g/mol. The molecule has 0 radical (unpaired) electrons. The van der Waals surface area contributed by atoms with Gasteiger partial charge in [-0.25, -0.2) is 4.79 Å². The van der Waals surface area contributed by atoms with E-state index in [1.54, 1.807) is 19.1 Å². The maximum absolute atomic E-state index is 13.8. The highest BCUT2D eigenvalue weighted by Gasteiger charge is 2.39. The Hall–Kier alpha value is -3.22. The summed E-state index contributed by atoms with van der Waals surface area (Å²) in [6.07, 6.45) is 0.736. The van der Waals surface area contributed by atoms with Crippen LogP contribution in [0, 0.1) is 0 Å². The Labute approximate surface area is 195 Å². The average Bonchev–Trinajstić information content (AvgIpc) is 2.80. The number of carbonyl (C=O) groups is 2. The number of hydrogen-bond donors (Lipinski definition) is 0. The fourth-order valence-electron chi connectivity index (χ4n) is 4.54. The second kappa shape index (κ2) is 8.96. The number of benzene rings is 2. The number of hydrogen-bond acceptors (Lipinski definition) is 5. The summed E-state index contributed by atoms with van der Waals surface area (Å²) in [7, 11) is 3.23. The summed E-state index contributed by atoms with van der Waals surface area (Å²) in [6, 6.07) is 11.3. The molecule has 2 aromatic carbocycles. The normalized spacial score (nSPS) is 17.7. The molecule has 0 aromatic heterocycles. The number of amides is 2. The van der Waals surface area contributed by atoms with E-state index in [9.17, 15) is 9.59 Å². The third-order valence-corrected chi connectivity index (χ3v) is 6.19. The fraction of sp³-hybridized carbons (Fsp3) is 0.462. The van der Waals surface area contributed by atoms with Crippen molar-refractivity contribution in [2.24, 2.45) is 0 Å². The van der Waals surface area contributed by atoms with E-state index in [-0.39, 0.29) is 5.91 Å². The van der Waals surface area contributed by atoms with Gasteiger partial charge in [-0.3, -0.25) is 9.69 Å². The molecule has 2 aromatic rings. The van der Waals surface area contributed by atoms with Gasteiger partial charge in [-0.05, 0) is 61.6 Å². The quantitative estimate of drug-likeness (QED) is 0.705. The van der Waals surface area contributed by atoms with Gasteiger partial charge in [0.2, 0.25) is 5.91 Å². The third-order valence-electron chi connectivity index (χ3n) is 6.19. The van der Waals surface area contributed by atoms with Gasteiger partial charge in [0, 0.05) is 19.5 Å². The van der Waals surface area contributed by atoms with Crippen LogP contribution in [-0.4, -0.2) is 54.2 Å². The fourth-order valence-corrected chi connectivity index (χ4v) is 4.54. The van der Waals surface area contributed by atoms with Crippen LogP contribution in [0.4, 0.5) is 4.79 Å². The first-order chi connectivity index (χ1) is 15.7. The van der Waals surface area contributed by atoms with E-state index in [0.717, 1.165) is 28.7 Å². The smallest absolute Gasteiger partial charge is 0.411 e. The lowest BCUT2D eigenvalue weighted by atomic mass is 9.92. The van der Waals surface area contributed by atoms with Crippen molar-refractivity contribution in [2.45, 2.75) is 58.3 Å². The summed E-state index contributed by atoms with van der Waals surface area (Å²) in [4.78, 5) is 30.2. The molecule has 0 saturated carbocycles. The molecule has 4 rings (SSSR count). The van der Waals surface area contributed by atoms with Crippen LogP contribution in [0.15, 0.2) is 36.4 Å². The Balaban J connectivity index is 1.60. The molecule has 0 aliphatic carbocycles. The molecule has 0 spiro atoms. The van der Waals surface area contributed by atoms with Crippen molar-refractivity contribution in [3.63, 3.8) is 0 Å². The molecule has 0 N–H and O–H groups in total. The topological polar surface area (TPSA) is 68.3 Å². The van der Waals surface area contributed by atoms with Gasteiger partial charge < -0.3 is 19.1 Å². The van der Waals surface area contributed by atoms with Gasteiger partial charge in [-0.2, -0.15) is 0 Å². The van der Waals surface area contributed by atoms with Crippen LogP contribution in [0.25, 0.3) is 0 Å². The standard InChI is InChI=1S/C26H32N2O5/c1-26(2,3)33-25(30)28-16-19-9-7-6-8-17(19)12-21(28)24(29)27-11-10-18-13-22(31-4)23(32-5)14-20(18)15-27/h6-9,13-14,21H,10-12,15-16H2,1-5H3. The summed E-state index contributed by atoms with van der Waals surface area (Å²) < 4.78 is 16.5. The first-order valence-corrected chi connectivity index (χ1v) is 11.3. The second-order valence-corrected chi connectivity index (χ2v) is 9.58. The van der Waals surface area contributed by atoms with Crippen LogP contribution in [0.2, 0.25) is 0 Å². The van der Waals surface area contributed by atoms with E-state index in [1.165, 1.54) is 0 Å². The van der Waals surface area contributed by atoms with Gasteiger partial charge in [0.05, 0.1) is 20.8 Å². The predicted octanol–water partition coefficient (Wildman–Crippen LogP) is 3.95. The van der Waals surface area contributed by atoms with Crippen LogP contribution in [0.5, 0.6) is 11.5 Å². The predicted molar refractivity (Wildman–Crippen MR) is 124 cm³/mol. The molecule has 33 heavy (non-hydrogen) atoms. The van der Waals surface area contributed by atoms with E-state index in [4.69, 9.17) is 14.2 Å². The van der Waals surface area contributed by atoms with Gasteiger partial charge in [0.1, 0.15) is 11.6 Å². The van der Waals surface area contributed by atoms with Crippen LogP contribution < -0.4 is 9.47 Å². The Morgan fingerprint density at radius 1 is 0.909 bits per heavy atom. The van der Waals surface area contributed by atoms with Crippen molar-refractivity contribution in [3.8, 4) is 11.5 Å². The minimum absolute atomic E-state index is 0.0594. The zero-order valence-electron chi connectivity index (χ0n) is 20.0. The number of carbonyl (C=O) groups excluding carboxylic acids is 2. The van der Waals surface area contributed by atoms with E-state index in [0.29, 0.717) is 37.6 Å². The van der Waals surface area contributed by atoms with E-state index in [1.807, 2.05) is 62.1 Å². The molecule has 2 aliphatic heterocycles. The first-order valence-electron chi connectivity index (χ1n) is 11.3. The summed E-state index contributed by atoms with van der Waals surface area (Å²) in [5.41, 5.74) is 3.69. The van der Waals surface area contributed by atoms with Gasteiger partial charge in [-0.15, -0.1) is 0 Å². The Morgan fingerprint density at radius 3 is 2.18 bits per heavy atom. The minimum atomic E-state index is -0.638. The number of ether oxygens (including phenoxy) is 3. The highest BCUT2D eigenvalue weighted by molar-refractivity contribution is 5.87. The maximum atomic E-state index is 13.8. The summed E-state index contributed by atoms with van der Waals surface area (Å²) in [6.45, 7) is 6.92. The van der Waals surface area contributed by atoms with Gasteiger partial charge in [0.25, 0.3) is 0 Å². The third kappa shape index (κ3) is 4.77. The van der Waals surface area contributed by atoms with Gasteiger partial charge >= 0.3 is 6.09 Å². The Bertz CT molecular complexity index is 1060. The summed E-state index contributed by atoms with van der Waals surface area (Å²) >= 11 is 0. The van der Waals surface area contributed by atoms with Crippen LogP contribution in [0.1, 0.15) is 43.0 Å². The zero-order valence-corrected chi connectivity index (χ0v) is 20.0. The van der Waals surface area contributed by atoms with Crippen molar-refractivity contribution >= 4 is 12.0 Å².